The first-order valence-electron chi connectivity index (χ1n) is 5.51. The molecule has 0 aliphatic heterocycles. The maximum absolute atomic E-state index is 4.50. The van der Waals surface area contributed by atoms with Crippen molar-refractivity contribution < 1.29 is 0 Å². The first-order chi connectivity index (χ1) is 8.06. The largest absolute Gasteiger partial charge is 0.377 e. The molecule has 1 aromatic carbocycles. The zero-order valence-corrected chi connectivity index (χ0v) is 12.5. The Bertz CT molecular complexity index is 522. The van der Waals surface area contributed by atoms with Crippen LogP contribution in [-0.4, -0.2) is 4.98 Å². The topological polar surface area (TPSA) is 24.9 Å². The standard InChI is InChI=1S/C13H15BrN2S/c1-8-6-11(14)4-5-12(8)15-9(2)13-7-17-10(3)16-13/h4-7,9,15H,1-3H3. The molecule has 2 aromatic rings. The molecule has 2 nitrogen and oxygen atoms in total. The number of hydrogen-bond donors (Lipinski definition) is 1. The van der Waals surface area contributed by atoms with E-state index in [9.17, 15) is 0 Å². The lowest BCUT2D eigenvalue weighted by molar-refractivity contribution is 0.844. The molecule has 0 aliphatic carbocycles. The zero-order valence-electron chi connectivity index (χ0n) is 10.1. The van der Waals surface area contributed by atoms with Gasteiger partial charge in [0.15, 0.2) is 0 Å². The van der Waals surface area contributed by atoms with Crippen LogP contribution in [0.3, 0.4) is 0 Å². The molecule has 0 bridgehead atoms. The Labute approximate surface area is 114 Å². The van der Waals surface area contributed by atoms with Gasteiger partial charge in [-0.15, -0.1) is 11.3 Å². The van der Waals surface area contributed by atoms with Crippen molar-refractivity contribution in [3.63, 3.8) is 0 Å². The number of hydrogen-bond acceptors (Lipinski definition) is 3. The van der Waals surface area contributed by atoms with Crippen molar-refractivity contribution in [2.24, 2.45) is 0 Å². The number of thiazole rings is 1. The average Bonchev–Trinajstić information content (AvgIpc) is 2.69. The van der Waals surface area contributed by atoms with E-state index in [0.29, 0.717) is 0 Å². The Balaban J connectivity index is 2.15. The highest BCUT2D eigenvalue weighted by molar-refractivity contribution is 9.10. The fraction of sp³-hybridized carbons (Fsp3) is 0.308. The van der Waals surface area contributed by atoms with E-state index in [2.05, 4.69) is 57.6 Å². The maximum Gasteiger partial charge on any atom is 0.0898 e. The minimum atomic E-state index is 0.236. The van der Waals surface area contributed by atoms with Crippen LogP contribution in [0.2, 0.25) is 0 Å². The summed E-state index contributed by atoms with van der Waals surface area (Å²) in [5.74, 6) is 0. The molecule has 4 heteroatoms. The van der Waals surface area contributed by atoms with E-state index in [0.717, 1.165) is 20.9 Å². The quantitative estimate of drug-likeness (QED) is 0.889. The lowest BCUT2D eigenvalue weighted by atomic mass is 10.1. The van der Waals surface area contributed by atoms with Gasteiger partial charge in [-0.3, -0.25) is 0 Å². The molecule has 2 rings (SSSR count). The van der Waals surface area contributed by atoms with Crippen LogP contribution in [0.1, 0.15) is 29.2 Å². The maximum atomic E-state index is 4.50. The predicted octanol–water partition coefficient (Wildman–Crippen LogP) is 4.70. The summed E-state index contributed by atoms with van der Waals surface area (Å²) < 4.78 is 1.11. The van der Waals surface area contributed by atoms with E-state index in [4.69, 9.17) is 0 Å². The first-order valence-corrected chi connectivity index (χ1v) is 7.18. The highest BCUT2D eigenvalue weighted by Gasteiger charge is 2.09. The van der Waals surface area contributed by atoms with Gasteiger partial charge >= 0.3 is 0 Å². The lowest BCUT2D eigenvalue weighted by Gasteiger charge is -2.15. The third-order valence-electron chi connectivity index (χ3n) is 2.64. The second-order valence-electron chi connectivity index (χ2n) is 4.12. The summed E-state index contributed by atoms with van der Waals surface area (Å²) >= 11 is 5.16. The van der Waals surface area contributed by atoms with Gasteiger partial charge in [-0.05, 0) is 44.5 Å². The van der Waals surface area contributed by atoms with E-state index in [1.54, 1.807) is 11.3 Å². The number of aromatic nitrogens is 1. The Hall–Kier alpha value is -0.870. The van der Waals surface area contributed by atoms with Gasteiger partial charge in [0, 0.05) is 15.5 Å². The molecule has 0 saturated carbocycles. The van der Waals surface area contributed by atoms with Crippen LogP contribution in [0.15, 0.2) is 28.1 Å². The summed E-state index contributed by atoms with van der Waals surface area (Å²) in [6.45, 7) is 6.27. The Morgan fingerprint density at radius 3 is 2.71 bits per heavy atom. The summed E-state index contributed by atoms with van der Waals surface area (Å²) in [6, 6.07) is 6.49. The van der Waals surface area contributed by atoms with Crippen molar-refractivity contribution >= 4 is 33.0 Å². The van der Waals surface area contributed by atoms with Crippen molar-refractivity contribution in [1.82, 2.24) is 4.98 Å². The second-order valence-corrected chi connectivity index (χ2v) is 6.09. The normalized spacial score (nSPS) is 12.5. The molecule has 17 heavy (non-hydrogen) atoms. The Morgan fingerprint density at radius 1 is 1.35 bits per heavy atom. The molecule has 0 saturated heterocycles. The summed E-state index contributed by atoms with van der Waals surface area (Å²) in [4.78, 5) is 4.50. The van der Waals surface area contributed by atoms with Crippen molar-refractivity contribution in [2.75, 3.05) is 5.32 Å². The third-order valence-corrected chi connectivity index (χ3v) is 3.93. The second kappa shape index (κ2) is 5.19. The predicted molar refractivity (Wildman–Crippen MR) is 77.8 cm³/mol. The summed E-state index contributed by atoms with van der Waals surface area (Å²) in [5.41, 5.74) is 3.50. The molecule has 1 heterocycles. The summed E-state index contributed by atoms with van der Waals surface area (Å²) in [5, 5.41) is 6.71. The van der Waals surface area contributed by atoms with Gasteiger partial charge in [-0.1, -0.05) is 15.9 Å². The van der Waals surface area contributed by atoms with Gasteiger partial charge in [-0.25, -0.2) is 4.98 Å². The molecule has 0 fully saturated rings. The Kier molecular flexibility index (Phi) is 3.84. The van der Waals surface area contributed by atoms with Crippen LogP contribution in [-0.2, 0) is 0 Å². The van der Waals surface area contributed by atoms with Crippen molar-refractivity contribution in [3.05, 3.63) is 44.3 Å². The number of anilines is 1. The molecule has 0 radical (unpaired) electrons. The molecule has 1 N–H and O–H groups in total. The number of halogens is 1. The number of aryl methyl sites for hydroxylation is 2. The van der Waals surface area contributed by atoms with Gasteiger partial charge in [0.05, 0.1) is 16.7 Å². The summed E-state index contributed by atoms with van der Waals surface area (Å²) in [7, 11) is 0. The number of rotatable bonds is 3. The van der Waals surface area contributed by atoms with Gasteiger partial charge in [0.25, 0.3) is 0 Å². The first kappa shape index (κ1) is 12.6. The fourth-order valence-electron chi connectivity index (χ4n) is 1.68. The zero-order chi connectivity index (χ0) is 12.4. The minimum absolute atomic E-state index is 0.236. The van der Waals surface area contributed by atoms with Gasteiger partial charge in [-0.2, -0.15) is 0 Å². The van der Waals surface area contributed by atoms with E-state index in [-0.39, 0.29) is 6.04 Å². The van der Waals surface area contributed by atoms with Gasteiger partial charge in [0.2, 0.25) is 0 Å². The monoisotopic (exact) mass is 310 g/mol. The number of nitrogens with zero attached hydrogens (tertiary/aromatic N) is 1. The van der Waals surface area contributed by atoms with E-state index in [1.807, 2.05) is 13.0 Å². The van der Waals surface area contributed by atoms with Gasteiger partial charge in [0.1, 0.15) is 0 Å². The number of benzene rings is 1. The van der Waals surface area contributed by atoms with Crippen LogP contribution < -0.4 is 5.32 Å². The molecule has 1 aromatic heterocycles. The van der Waals surface area contributed by atoms with E-state index >= 15 is 0 Å². The molecular formula is C13H15BrN2S. The van der Waals surface area contributed by atoms with Gasteiger partial charge < -0.3 is 5.32 Å². The van der Waals surface area contributed by atoms with Crippen LogP contribution in [0.4, 0.5) is 5.69 Å². The van der Waals surface area contributed by atoms with E-state index in [1.165, 1.54) is 5.56 Å². The van der Waals surface area contributed by atoms with Crippen molar-refractivity contribution in [2.45, 2.75) is 26.8 Å². The van der Waals surface area contributed by atoms with Crippen LogP contribution in [0.5, 0.6) is 0 Å². The van der Waals surface area contributed by atoms with Crippen LogP contribution in [0, 0.1) is 13.8 Å². The van der Waals surface area contributed by atoms with Crippen molar-refractivity contribution in [3.8, 4) is 0 Å². The van der Waals surface area contributed by atoms with Crippen molar-refractivity contribution in [1.29, 1.82) is 0 Å². The molecule has 1 unspecified atom stereocenters. The molecule has 0 aliphatic rings. The Morgan fingerprint density at radius 2 is 2.12 bits per heavy atom. The molecule has 1 atom stereocenters. The average molecular weight is 311 g/mol. The fourth-order valence-corrected chi connectivity index (χ4v) is 2.86. The third kappa shape index (κ3) is 3.07. The molecule has 0 spiro atoms. The highest BCUT2D eigenvalue weighted by Crippen LogP contribution is 2.25. The number of nitrogens with one attached hydrogen (secondary N) is 1. The SMILES string of the molecule is Cc1nc(C(C)Nc2ccc(Br)cc2C)cs1. The molecule has 90 valence electrons. The lowest BCUT2D eigenvalue weighted by Crippen LogP contribution is -2.08. The minimum Gasteiger partial charge on any atom is -0.377 e. The van der Waals surface area contributed by atoms with E-state index < -0.39 is 0 Å². The molecular weight excluding hydrogens is 296 g/mol. The smallest absolute Gasteiger partial charge is 0.0898 e. The van der Waals surface area contributed by atoms with Crippen LogP contribution in [0.25, 0.3) is 0 Å². The van der Waals surface area contributed by atoms with Crippen LogP contribution >= 0.6 is 27.3 Å². The summed E-state index contributed by atoms with van der Waals surface area (Å²) in [6.07, 6.45) is 0. The highest BCUT2D eigenvalue weighted by atomic mass is 79.9. The molecule has 0 amide bonds.